The second-order valence-corrected chi connectivity index (χ2v) is 16.5. The monoisotopic (exact) mass is 765 g/mol. The lowest BCUT2D eigenvalue weighted by atomic mass is 9.94. The van der Waals surface area contributed by atoms with Crippen LogP contribution >= 0.6 is 11.8 Å². The zero-order valence-electron chi connectivity index (χ0n) is 32.6. The highest BCUT2D eigenvalue weighted by molar-refractivity contribution is 7.99. The lowest BCUT2D eigenvalue weighted by Crippen LogP contribution is -2.60. The Morgan fingerprint density at radius 3 is 2.06 bits per heavy atom. The number of amides is 5. The Labute approximate surface area is 322 Å². The highest BCUT2D eigenvalue weighted by Gasteiger charge is 2.45. The number of nitrogens with zero attached hydrogens (tertiary/aromatic N) is 3. The number of carbonyl (C=O) groups excluding carboxylic acids is 6. The molecule has 0 aliphatic carbocycles. The average Bonchev–Trinajstić information content (AvgIpc) is 3.54. The van der Waals surface area contributed by atoms with E-state index in [9.17, 15) is 28.8 Å². The molecule has 4 rings (SSSR count). The van der Waals surface area contributed by atoms with Crippen molar-refractivity contribution in [3.63, 3.8) is 0 Å². The first-order chi connectivity index (χ1) is 25.5. The Bertz CT molecular complexity index is 1630. The summed E-state index contributed by atoms with van der Waals surface area (Å²) in [5, 5.41) is 5.38. The van der Waals surface area contributed by atoms with Crippen molar-refractivity contribution in [1.29, 1.82) is 0 Å². The van der Waals surface area contributed by atoms with Crippen molar-refractivity contribution in [3.05, 3.63) is 71.8 Å². The van der Waals surface area contributed by atoms with Crippen LogP contribution in [0.15, 0.2) is 60.7 Å². The Balaban J connectivity index is 1.53. The molecule has 14 heteroatoms. The van der Waals surface area contributed by atoms with Crippen LogP contribution in [0.5, 0.6) is 0 Å². The van der Waals surface area contributed by atoms with Gasteiger partial charge in [-0.3, -0.25) is 14.4 Å². The van der Waals surface area contributed by atoms with Crippen LogP contribution in [0.2, 0.25) is 0 Å². The number of nitrogens with one attached hydrogen (secondary N) is 2. The number of piperidine rings is 1. The first-order valence-electron chi connectivity index (χ1n) is 18.6. The molecular formula is C40H55N5O8S. The summed E-state index contributed by atoms with van der Waals surface area (Å²) in [5.74, 6) is -4.58. The number of carbonyl (C=O) groups is 6. The minimum Gasteiger partial charge on any atom is -0.457 e. The van der Waals surface area contributed by atoms with Crippen LogP contribution in [-0.4, -0.2) is 106 Å². The maximum atomic E-state index is 14.7. The van der Waals surface area contributed by atoms with Gasteiger partial charge in [-0.25, -0.2) is 14.4 Å². The maximum Gasteiger partial charge on any atom is 0.410 e. The van der Waals surface area contributed by atoms with Crippen LogP contribution < -0.4 is 10.6 Å². The van der Waals surface area contributed by atoms with E-state index in [0.29, 0.717) is 37.2 Å². The van der Waals surface area contributed by atoms with Gasteiger partial charge in [0, 0.05) is 31.9 Å². The molecule has 0 spiro atoms. The van der Waals surface area contributed by atoms with E-state index in [-0.39, 0.29) is 18.4 Å². The number of urea groups is 1. The van der Waals surface area contributed by atoms with Gasteiger partial charge in [0.2, 0.25) is 11.8 Å². The predicted octanol–water partition coefficient (Wildman–Crippen LogP) is 5.15. The number of ether oxygens (including phenoxy) is 2. The van der Waals surface area contributed by atoms with Gasteiger partial charge in [0.15, 0.2) is 0 Å². The van der Waals surface area contributed by atoms with E-state index in [1.54, 1.807) is 59.9 Å². The summed E-state index contributed by atoms with van der Waals surface area (Å²) in [6.07, 6.45) is -0.775. The third kappa shape index (κ3) is 11.2. The molecule has 294 valence electrons. The van der Waals surface area contributed by atoms with Gasteiger partial charge >= 0.3 is 18.1 Å². The van der Waals surface area contributed by atoms with Crippen LogP contribution in [0.25, 0.3) is 0 Å². The fourth-order valence-electron chi connectivity index (χ4n) is 6.43. The van der Waals surface area contributed by atoms with E-state index in [0.717, 1.165) is 5.56 Å². The number of hydrogen-bond acceptors (Lipinski definition) is 9. The Morgan fingerprint density at radius 1 is 0.907 bits per heavy atom. The van der Waals surface area contributed by atoms with Crippen molar-refractivity contribution < 1.29 is 38.2 Å². The van der Waals surface area contributed by atoms with Gasteiger partial charge in [-0.1, -0.05) is 74.5 Å². The Kier molecular flexibility index (Phi) is 14.5. The standard InChI is InChI=1S/C40H55N5O8S/c1-25(2)32(42-38(50)44-21-19-29(20-22-44)43(8)39(51)53-40(5,6)7)35(48)45-31(24-54-36(45)28-17-13-10-14-18-28)41-34(47)30(23-27-15-11-9-12-16-27)33(46)37(49)52-26(3)4/h9-18,25-26,29-32,36H,19-24H2,1-8H3,(H,41,47)(H,42,50)/t30-,31+,32-,36+/m0/s1. The minimum absolute atomic E-state index is 0.0381. The summed E-state index contributed by atoms with van der Waals surface area (Å²) in [6.45, 7) is 13.1. The summed E-state index contributed by atoms with van der Waals surface area (Å²) in [7, 11) is 1.70. The molecule has 2 aliphatic rings. The third-order valence-corrected chi connectivity index (χ3v) is 10.6. The van der Waals surface area contributed by atoms with Gasteiger partial charge in [-0.05, 0) is 70.9 Å². The molecule has 4 atom stereocenters. The first kappa shape index (κ1) is 42.2. The molecule has 2 aliphatic heterocycles. The van der Waals surface area contributed by atoms with Crippen LogP contribution in [0.1, 0.15) is 77.8 Å². The van der Waals surface area contributed by atoms with Crippen molar-refractivity contribution in [2.24, 2.45) is 11.8 Å². The fraction of sp³-hybridized carbons (Fsp3) is 0.550. The van der Waals surface area contributed by atoms with Gasteiger partial charge in [-0.15, -0.1) is 11.8 Å². The van der Waals surface area contributed by atoms with Crippen molar-refractivity contribution in [3.8, 4) is 0 Å². The minimum atomic E-state index is -1.39. The largest absolute Gasteiger partial charge is 0.457 e. The number of thioether (sulfide) groups is 1. The summed E-state index contributed by atoms with van der Waals surface area (Å²) in [4.78, 5) is 86.0. The second-order valence-electron chi connectivity index (χ2n) is 15.4. The molecular weight excluding hydrogens is 711 g/mol. The first-order valence-corrected chi connectivity index (χ1v) is 19.6. The Morgan fingerprint density at radius 2 is 1.50 bits per heavy atom. The molecule has 2 N–H and O–H groups in total. The number of esters is 1. The molecule has 54 heavy (non-hydrogen) atoms. The number of hydrogen-bond donors (Lipinski definition) is 2. The van der Waals surface area contributed by atoms with Gasteiger partial charge < -0.3 is 34.8 Å². The van der Waals surface area contributed by atoms with E-state index in [1.165, 1.54) is 11.8 Å². The summed E-state index contributed by atoms with van der Waals surface area (Å²) < 4.78 is 10.7. The lowest BCUT2D eigenvalue weighted by Gasteiger charge is -2.39. The Hall–Kier alpha value is -4.59. The van der Waals surface area contributed by atoms with E-state index in [2.05, 4.69) is 10.6 Å². The molecule has 5 amide bonds. The molecule has 2 aromatic rings. The van der Waals surface area contributed by atoms with Crippen LogP contribution in [0, 0.1) is 11.8 Å². The molecule has 2 aromatic carbocycles. The van der Waals surface area contributed by atoms with Crippen molar-refractivity contribution in [2.45, 2.75) is 103 Å². The van der Waals surface area contributed by atoms with Gasteiger partial charge in [0.05, 0.1) is 6.10 Å². The highest BCUT2D eigenvalue weighted by Crippen LogP contribution is 2.41. The summed E-state index contributed by atoms with van der Waals surface area (Å²) in [6, 6.07) is 16.9. The van der Waals surface area contributed by atoms with E-state index < -0.39 is 70.9 Å². The molecule has 0 aromatic heterocycles. The number of benzene rings is 2. The smallest absolute Gasteiger partial charge is 0.410 e. The topological polar surface area (TPSA) is 155 Å². The molecule has 0 radical (unpaired) electrons. The molecule has 0 bridgehead atoms. The van der Waals surface area contributed by atoms with Crippen molar-refractivity contribution >= 4 is 47.5 Å². The zero-order chi connectivity index (χ0) is 39.7. The lowest BCUT2D eigenvalue weighted by molar-refractivity contribution is -0.160. The number of rotatable bonds is 12. The second kappa shape index (κ2) is 18.6. The molecule has 13 nitrogen and oxygen atoms in total. The van der Waals surface area contributed by atoms with Gasteiger partial charge in [0.1, 0.15) is 29.1 Å². The van der Waals surface area contributed by atoms with E-state index >= 15 is 0 Å². The van der Waals surface area contributed by atoms with Crippen LogP contribution in [0.4, 0.5) is 9.59 Å². The van der Waals surface area contributed by atoms with Gasteiger partial charge in [-0.2, -0.15) is 0 Å². The normalized spacial score (nSPS) is 18.9. The van der Waals surface area contributed by atoms with E-state index in [1.807, 2.05) is 71.0 Å². The van der Waals surface area contributed by atoms with Crippen molar-refractivity contribution in [1.82, 2.24) is 25.3 Å². The third-order valence-electron chi connectivity index (χ3n) is 9.30. The van der Waals surface area contributed by atoms with Crippen LogP contribution in [0.3, 0.4) is 0 Å². The van der Waals surface area contributed by atoms with Crippen LogP contribution in [-0.2, 0) is 35.1 Å². The fourth-order valence-corrected chi connectivity index (χ4v) is 7.80. The quantitative estimate of drug-likeness (QED) is 0.170. The molecule has 0 unspecified atom stereocenters. The van der Waals surface area contributed by atoms with Crippen molar-refractivity contribution in [2.75, 3.05) is 25.9 Å². The average molecular weight is 766 g/mol. The summed E-state index contributed by atoms with van der Waals surface area (Å²) in [5.41, 5.74) is 0.889. The molecule has 2 heterocycles. The predicted molar refractivity (Wildman–Crippen MR) is 206 cm³/mol. The molecule has 0 saturated carbocycles. The number of ketones is 1. The van der Waals surface area contributed by atoms with E-state index in [4.69, 9.17) is 9.47 Å². The number of Topliss-reactive ketones (excluding diaryl/α,β-unsaturated/α-hetero) is 1. The van der Waals surface area contributed by atoms with Gasteiger partial charge in [0.25, 0.3) is 5.78 Å². The highest BCUT2D eigenvalue weighted by atomic mass is 32.2. The zero-order valence-corrected chi connectivity index (χ0v) is 33.4. The molecule has 2 fully saturated rings. The molecule has 2 saturated heterocycles. The number of likely N-dealkylation sites (tertiary alicyclic amines) is 1. The maximum absolute atomic E-state index is 14.7. The SMILES string of the molecule is CC(C)OC(=O)C(=O)[C@H](Cc1ccccc1)C(=O)N[C@H]1CS[C@H](c2ccccc2)N1C(=O)[C@@H](NC(=O)N1CCC(N(C)C(=O)OC(C)(C)C)CC1)C(C)C. The summed E-state index contributed by atoms with van der Waals surface area (Å²) >= 11 is 1.45.